The smallest absolute Gasteiger partial charge is 0.314 e. The number of hydrogen-bond donors (Lipinski definition) is 0. The van der Waals surface area contributed by atoms with Crippen LogP contribution in [0.5, 0.6) is 11.5 Å². The van der Waals surface area contributed by atoms with Crippen LogP contribution in [0.4, 0.5) is 4.39 Å². The van der Waals surface area contributed by atoms with Crippen LogP contribution in [-0.2, 0) is 4.79 Å². The molecule has 0 amide bonds. The Labute approximate surface area is 180 Å². The van der Waals surface area contributed by atoms with Crippen LogP contribution in [0.25, 0.3) is 12.2 Å². The summed E-state index contributed by atoms with van der Waals surface area (Å²) in [5.74, 6) is 0.0543. The third-order valence-electron chi connectivity index (χ3n) is 4.36. The maximum atomic E-state index is 12.9. The number of rotatable bonds is 9. The van der Waals surface area contributed by atoms with Gasteiger partial charge in [0.05, 0.1) is 13.0 Å². The van der Waals surface area contributed by atoms with E-state index in [2.05, 4.69) is 6.58 Å². The molecule has 0 heterocycles. The monoisotopic (exact) mass is 416 g/mol. The Kier molecular flexibility index (Phi) is 7.49. The Morgan fingerprint density at radius 3 is 2.10 bits per heavy atom. The number of ether oxygens (including phenoxy) is 2. The summed E-state index contributed by atoms with van der Waals surface area (Å²) in [6, 6.07) is 19.5. The number of ketones is 1. The van der Waals surface area contributed by atoms with Gasteiger partial charge in [-0.3, -0.25) is 9.59 Å². The molecule has 0 aliphatic heterocycles. The van der Waals surface area contributed by atoms with Gasteiger partial charge in [0.2, 0.25) is 0 Å². The molecule has 0 fully saturated rings. The van der Waals surface area contributed by atoms with Gasteiger partial charge in [-0.2, -0.15) is 0 Å². The van der Waals surface area contributed by atoms with Gasteiger partial charge in [-0.25, -0.2) is 4.39 Å². The van der Waals surface area contributed by atoms with E-state index in [-0.39, 0.29) is 24.6 Å². The number of esters is 1. The van der Waals surface area contributed by atoms with Gasteiger partial charge in [-0.15, -0.1) is 0 Å². The summed E-state index contributed by atoms with van der Waals surface area (Å²) in [5.41, 5.74) is 2.16. The highest BCUT2D eigenvalue weighted by Gasteiger charge is 2.06. The van der Waals surface area contributed by atoms with E-state index in [0.717, 1.165) is 11.1 Å². The first kappa shape index (κ1) is 21.7. The lowest BCUT2D eigenvalue weighted by atomic mass is 10.1. The van der Waals surface area contributed by atoms with Gasteiger partial charge >= 0.3 is 5.97 Å². The molecule has 3 rings (SSSR count). The average Bonchev–Trinajstić information content (AvgIpc) is 2.79. The third-order valence-corrected chi connectivity index (χ3v) is 4.36. The second kappa shape index (κ2) is 10.7. The summed E-state index contributed by atoms with van der Waals surface area (Å²) in [6.45, 7) is 3.90. The predicted octanol–water partition coefficient (Wildman–Crippen LogP) is 5.74. The van der Waals surface area contributed by atoms with Crippen molar-refractivity contribution in [1.82, 2.24) is 0 Å². The maximum absolute atomic E-state index is 12.9. The van der Waals surface area contributed by atoms with Gasteiger partial charge in [0.25, 0.3) is 0 Å². The summed E-state index contributed by atoms with van der Waals surface area (Å²) in [7, 11) is 0. The lowest BCUT2D eigenvalue weighted by molar-refractivity contribution is -0.134. The van der Waals surface area contributed by atoms with Gasteiger partial charge in [0, 0.05) is 5.56 Å². The number of allylic oxidation sites excluding steroid dienone is 1. The van der Waals surface area contributed by atoms with E-state index in [4.69, 9.17) is 9.47 Å². The maximum Gasteiger partial charge on any atom is 0.314 e. The molecule has 0 bridgehead atoms. The van der Waals surface area contributed by atoms with Crippen LogP contribution in [0.15, 0.2) is 85.5 Å². The minimum absolute atomic E-state index is 0.108. The van der Waals surface area contributed by atoms with E-state index < -0.39 is 5.97 Å². The molecule has 0 unspecified atom stereocenters. The molecule has 3 aromatic carbocycles. The van der Waals surface area contributed by atoms with Crippen LogP contribution in [0, 0.1) is 5.82 Å². The van der Waals surface area contributed by atoms with Crippen molar-refractivity contribution < 1.29 is 23.5 Å². The molecular formula is C26H21FO4. The number of halogens is 1. The minimum Gasteiger partial charge on any atom is -0.493 e. The van der Waals surface area contributed by atoms with Gasteiger partial charge in [-0.1, -0.05) is 43.0 Å². The molecule has 0 saturated heterocycles. The quantitative estimate of drug-likeness (QED) is 0.193. The first-order valence-corrected chi connectivity index (χ1v) is 9.67. The van der Waals surface area contributed by atoms with Crippen molar-refractivity contribution in [1.29, 1.82) is 0 Å². The second-order valence-corrected chi connectivity index (χ2v) is 6.62. The molecule has 0 N–H and O–H groups in total. The fourth-order valence-electron chi connectivity index (χ4n) is 2.66. The largest absolute Gasteiger partial charge is 0.493 e. The van der Waals surface area contributed by atoms with E-state index >= 15 is 0 Å². The van der Waals surface area contributed by atoms with Gasteiger partial charge in [0.1, 0.15) is 17.3 Å². The van der Waals surface area contributed by atoms with Crippen LogP contribution in [0.3, 0.4) is 0 Å². The average molecular weight is 416 g/mol. The number of carbonyl (C=O) groups excluding carboxylic acids is 2. The van der Waals surface area contributed by atoms with Crippen LogP contribution in [0.1, 0.15) is 27.9 Å². The molecule has 0 radical (unpaired) electrons. The zero-order valence-electron chi connectivity index (χ0n) is 16.8. The summed E-state index contributed by atoms with van der Waals surface area (Å²) < 4.78 is 23.8. The fourth-order valence-corrected chi connectivity index (χ4v) is 2.66. The molecule has 0 saturated carbocycles. The molecule has 0 aromatic heterocycles. The lowest BCUT2D eigenvalue weighted by Crippen LogP contribution is -2.12. The van der Waals surface area contributed by atoms with Crippen LogP contribution in [0.2, 0.25) is 0 Å². The van der Waals surface area contributed by atoms with Gasteiger partial charge in [0.15, 0.2) is 5.78 Å². The van der Waals surface area contributed by atoms with E-state index in [9.17, 15) is 14.0 Å². The lowest BCUT2D eigenvalue weighted by Gasteiger charge is -2.07. The van der Waals surface area contributed by atoms with Crippen molar-refractivity contribution in [3.8, 4) is 11.5 Å². The molecule has 5 heteroatoms. The van der Waals surface area contributed by atoms with Crippen molar-refractivity contribution in [3.05, 3.63) is 108 Å². The SMILES string of the molecule is C=Cc1ccc(OCCC(=O)Oc2ccc(C=CC(=O)c3ccc(F)cc3)cc2)cc1. The molecule has 0 atom stereocenters. The Hall–Kier alpha value is -3.99. The highest BCUT2D eigenvalue weighted by atomic mass is 19.1. The van der Waals surface area contributed by atoms with Crippen molar-refractivity contribution in [2.75, 3.05) is 6.61 Å². The molecule has 0 spiro atoms. The number of carbonyl (C=O) groups is 2. The third kappa shape index (κ3) is 6.78. The Morgan fingerprint density at radius 1 is 0.839 bits per heavy atom. The van der Waals surface area contributed by atoms with E-state index in [1.807, 2.05) is 24.3 Å². The Morgan fingerprint density at radius 2 is 1.45 bits per heavy atom. The molecular weight excluding hydrogens is 395 g/mol. The van der Waals surface area contributed by atoms with Gasteiger partial charge < -0.3 is 9.47 Å². The highest BCUT2D eigenvalue weighted by molar-refractivity contribution is 6.06. The normalized spacial score (nSPS) is 10.6. The Bertz CT molecular complexity index is 1070. The second-order valence-electron chi connectivity index (χ2n) is 6.62. The summed E-state index contributed by atoms with van der Waals surface area (Å²) in [5, 5.41) is 0. The number of benzene rings is 3. The zero-order valence-corrected chi connectivity index (χ0v) is 16.8. The fraction of sp³-hybridized carbons (Fsp3) is 0.0769. The molecule has 31 heavy (non-hydrogen) atoms. The molecule has 0 aliphatic rings. The molecule has 3 aromatic rings. The van der Waals surface area contributed by atoms with Crippen molar-refractivity contribution in [2.45, 2.75) is 6.42 Å². The highest BCUT2D eigenvalue weighted by Crippen LogP contribution is 2.16. The van der Waals surface area contributed by atoms with E-state index in [1.54, 1.807) is 36.4 Å². The summed E-state index contributed by atoms with van der Waals surface area (Å²) in [4.78, 5) is 24.1. The van der Waals surface area contributed by atoms with Crippen molar-refractivity contribution in [2.24, 2.45) is 0 Å². The first-order valence-electron chi connectivity index (χ1n) is 9.67. The van der Waals surface area contributed by atoms with Crippen molar-refractivity contribution >= 4 is 23.9 Å². The van der Waals surface area contributed by atoms with Crippen LogP contribution < -0.4 is 9.47 Å². The van der Waals surface area contributed by atoms with E-state index in [1.165, 1.54) is 30.3 Å². The Balaban J connectivity index is 1.45. The molecule has 156 valence electrons. The van der Waals surface area contributed by atoms with Gasteiger partial charge in [-0.05, 0) is 65.7 Å². The minimum atomic E-state index is -0.405. The molecule has 0 aliphatic carbocycles. The predicted molar refractivity (Wildman–Crippen MR) is 118 cm³/mol. The van der Waals surface area contributed by atoms with E-state index in [0.29, 0.717) is 17.1 Å². The van der Waals surface area contributed by atoms with Crippen LogP contribution in [-0.4, -0.2) is 18.4 Å². The number of hydrogen-bond acceptors (Lipinski definition) is 4. The first-order chi connectivity index (χ1) is 15.0. The van der Waals surface area contributed by atoms with Crippen molar-refractivity contribution in [3.63, 3.8) is 0 Å². The molecule has 4 nitrogen and oxygen atoms in total. The standard InChI is InChI=1S/C26H21FO4/c1-2-19-3-12-23(13-4-19)30-18-17-26(29)31-24-14-5-20(6-15-24)7-16-25(28)21-8-10-22(27)11-9-21/h2-16H,1,17-18H2. The topological polar surface area (TPSA) is 52.6 Å². The summed E-state index contributed by atoms with van der Waals surface area (Å²) >= 11 is 0. The van der Waals surface area contributed by atoms with Crippen LogP contribution >= 0.6 is 0 Å². The summed E-state index contributed by atoms with van der Waals surface area (Å²) in [6.07, 6.45) is 4.90. The zero-order chi connectivity index (χ0) is 22.1.